The van der Waals surface area contributed by atoms with Crippen LogP contribution in [0.1, 0.15) is 39.2 Å². The molecule has 0 aliphatic carbocycles. The number of carbonyl (C=O) groups is 1. The zero-order valence-corrected chi connectivity index (χ0v) is 13.9. The third kappa shape index (κ3) is 5.31. The number of carbonyl (C=O) groups excluding carboxylic acids is 1. The van der Waals surface area contributed by atoms with Gasteiger partial charge in [0.05, 0.1) is 15.7 Å². The number of hydrogen-bond donors (Lipinski definition) is 2. The third-order valence-corrected chi connectivity index (χ3v) is 3.67. The number of amides is 1. The zero-order valence-electron chi connectivity index (χ0n) is 12.4. The van der Waals surface area contributed by atoms with Crippen molar-refractivity contribution in [2.45, 2.75) is 46.6 Å². The fourth-order valence-corrected chi connectivity index (χ4v) is 2.52. The monoisotopic (exact) mass is 316 g/mol. The predicted octanol–water partition coefficient (Wildman–Crippen LogP) is 4.39. The normalized spacial score (nSPS) is 13.2. The molecule has 3 N–H and O–H groups in total. The molecule has 0 saturated carbocycles. The Kier molecular flexibility index (Phi) is 5.87. The van der Waals surface area contributed by atoms with Gasteiger partial charge in [0.1, 0.15) is 0 Å². The maximum atomic E-state index is 12.0. The molecule has 0 saturated heterocycles. The number of anilines is 1. The average molecular weight is 317 g/mol. The van der Waals surface area contributed by atoms with Gasteiger partial charge in [0.2, 0.25) is 5.91 Å². The predicted molar refractivity (Wildman–Crippen MR) is 86.5 cm³/mol. The van der Waals surface area contributed by atoms with Crippen molar-refractivity contribution in [3.05, 3.63) is 27.7 Å². The second-order valence-corrected chi connectivity index (χ2v) is 7.12. The molecular weight excluding hydrogens is 295 g/mol. The smallest absolute Gasteiger partial charge is 0.226 e. The molecule has 1 aromatic carbocycles. The summed E-state index contributed by atoms with van der Waals surface area (Å²) in [6.45, 7) is 8.15. The van der Waals surface area contributed by atoms with E-state index in [-0.39, 0.29) is 23.8 Å². The van der Waals surface area contributed by atoms with Crippen LogP contribution in [-0.2, 0) is 4.79 Å². The Morgan fingerprint density at radius 1 is 1.35 bits per heavy atom. The van der Waals surface area contributed by atoms with Crippen LogP contribution in [0.3, 0.4) is 0 Å². The van der Waals surface area contributed by atoms with Crippen LogP contribution in [0.2, 0.25) is 10.0 Å². The van der Waals surface area contributed by atoms with Gasteiger partial charge in [0.25, 0.3) is 0 Å². The Labute approximate surface area is 130 Å². The van der Waals surface area contributed by atoms with E-state index in [2.05, 4.69) is 26.1 Å². The summed E-state index contributed by atoms with van der Waals surface area (Å²) in [6.07, 6.45) is 1.02. The number of halogens is 2. The molecule has 0 aliphatic rings. The van der Waals surface area contributed by atoms with Gasteiger partial charge in [-0.3, -0.25) is 4.79 Å². The molecular formula is C15H22Cl2N2O. The lowest BCUT2D eigenvalue weighted by Gasteiger charge is -2.23. The minimum Gasteiger partial charge on any atom is -0.327 e. The van der Waals surface area contributed by atoms with Crippen molar-refractivity contribution in [1.29, 1.82) is 0 Å². The van der Waals surface area contributed by atoms with E-state index in [4.69, 9.17) is 28.9 Å². The van der Waals surface area contributed by atoms with Crippen LogP contribution >= 0.6 is 23.2 Å². The van der Waals surface area contributed by atoms with E-state index in [0.29, 0.717) is 15.7 Å². The molecule has 1 aromatic rings. The summed E-state index contributed by atoms with van der Waals surface area (Å²) < 4.78 is 0. The highest BCUT2D eigenvalue weighted by Crippen LogP contribution is 2.33. The van der Waals surface area contributed by atoms with Gasteiger partial charge < -0.3 is 11.1 Å². The molecule has 1 atom stereocenters. The number of hydrogen-bond acceptors (Lipinski definition) is 2. The quantitative estimate of drug-likeness (QED) is 0.865. The molecule has 112 valence electrons. The van der Waals surface area contributed by atoms with Crippen LogP contribution in [-0.4, -0.2) is 11.9 Å². The van der Waals surface area contributed by atoms with Crippen molar-refractivity contribution >= 4 is 34.8 Å². The molecule has 0 aliphatic heterocycles. The van der Waals surface area contributed by atoms with Crippen LogP contribution in [0.4, 0.5) is 5.69 Å². The van der Waals surface area contributed by atoms with Gasteiger partial charge >= 0.3 is 0 Å². The molecule has 0 fully saturated rings. The fraction of sp³-hybridized carbons (Fsp3) is 0.533. The van der Waals surface area contributed by atoms with E-state index >= 15 is 0 Å². The van der Waals surface area contributed by atoms with E-state index in [0.717, 1.165) is 12.0 Å². The summed E-state index contributed by atoms with van der Waals surface area (Å²) in [5.74, 6) is -0.170. The molecule has 1 unspecified atom stereocenters. The second kappa shape index (κ2) is 6.79. The number of aryl methyl sites for hydroxylation is 1. The van der Waals surface area contributed by atoms with Crippen LogP contribution in [0, 0.1) is 12.3 Å². The van der Waals surface area contributed by atoms with Gasteiger partial charge in [-0.15, -0.1) is 0 Å². The Bertz CT molecular complexity index is 495. The minimum absolute atomic E-state index is 0.0956. The summed E-state index contributed by atoms with van der Waals surface area (Å²) in [6, 6.07) is 3.34. The first-order valence-electron chi connectivity index (χ1n) is 6.60. The molecule has 0 aromatic heterocycles. The number of benzene rings is 1. The average Bonchev–Trinajstić information content (AvgIpc) is 2.27. The lowest BCUT2D eigenvalue weighted by atomic mass is 9.87. The van der Waals surface area contributed by atoms with Crippen molar-refractivity contribution < 1.29 is 4.79 Å². The van der Waals surface area contributed by atoms with Crippen molar-refractivity contribution in [2.24, 2.45) is 11.1 Å². The van der Waals surface area contributed by atoms with Gasteiger partial charge in [0, 0.05) is 12.5 Å². The molecule has 5 heteroatoms. The Balaban J connectivity index is 2.70. The summed E-state index contributed by atoms with van der Waals surface area (Å²) in [7, 11) is 0. The molecule has 1 rings (SSSR count). The summed E-state index contributed by atoms with van der Waals surface area (Å²) in [5, 5.41) is 3.65. The van der Waals surface area contributed by atoms with Crippen LogP contribution in [0.5, 0.6) is 0 Å². The van der Waals surface area contributed by atoms with Gasteiger partial charge in [-0.2, -0.15) is 0 Å². The van der Waals surface area contributed by atoms with Crippen LogP contribution in [0.25, 0.3) is 0 Å². The van der Waals surface area contributed by atoms with Crippen molar-refractivity contribution in [3.63, 3.8) is 0 Å². The SMILES string of the molecule is Cc1ccc(Cl)c(NC(=O)CC(N)CC(C)(C)C)c1Cl. The molecule has 1 amide bonds. The van der Waals surface area contributed by atoms with Crippen molar-refractivity contribution in [2.75, 3.05) is 5.32 Å². The first kappa shape index (κ1) is 17.3. The van der Waals surface area contributed by atoms with Gasteiger partial charge in [0.15, 0.2) is 0 Å². The van der Waals surface area contributed by atoms with Crippen LogP contribution < -0.4 is 11.1 Å². The van der Waals surface area contributed by atoms with E-state index in [9.17, 15) is 4.79 Å². The highest BCUT2D eigenvalue weighted by molar-refractivity contribution is 6.40. The number of nitrogens with one attached hydrogen (secondary N) is 1. The first-order chi connectivity index (χ1) is 9.10. The van der Waals surface area contributed by atoms with E-state index in [1.807, 2.05) is 13.0 Å². The molecule has 0 spiro atoms. The van der Waals surface area contributed by atoms with Gasteiger partial charge in [-0.05, 0) is 30.4 Å². The molecule has 0 radical (unpaired) electrons. The maximum absolute atomic E-state index is 12.0. The van der Waals surface area contributed by atoms with E-state index < -0.39 is 0 Å². The Morgan fingerprint density at radius 3 is 2.50 bits per heavy atom. The lowest BCUT2D eigenvalue weighted by molar-refractivity contribution is -0.116. The van der Waals surface area contributed by atoms with Crippen molar-refractivity contribution in [3.8, 4) is 0 Å². The maximum Gasteiger partial charge on any atom is 0.226 e. The minimum atomic E-state index is -0.183. The Morgan fingerprint density at radius 2 is 1.95 bits per heavy atom. The van der Waals surface area contributed by atoms with E-state index in [1.165, 1.54) is 0 Å². The highest BCUT2D eigenvalue weighted by atomic mass is 35.5. The van der Waals surface area contributed by atoms with Gasteiger partial charge in [-0.25, -0.2) is 0 Å². The number of rotatable bonds is 4. The topological polar surface area (TPSA) is 55.1 Å². The van der Waals surface area contributed by atoms with Gasteiger partial charge in [-0.1, -0.05) is 50.0 Å². The van der Waals surface area contributed by atoms with Crippen LogP contribution in [0.15, 0.2) is 12.1 Å². The summed E-state index contributed by atoms with van der Waals surface area (Å²) >= 11 is 12.2. The third-order valence-electron chi connectivity index (χ3n) is 2.87. The van der Waals surface area contributed by atoms with E-state index in [1.54, 1.807) is 6.07 Å². The molecule has 0 bridgehead atoms. The summed E-state index contributed by atoms with van der Waals surface area (Å²) in [4.78, 5) is 12.0. The fourth-order valence-electron chi connectivity index (χ4n) is 2.06. The van der Waals surface area contributed by atoms with Crippen molar-refractivity contribution in [1.82, 2.24) is 0 Å². The lowest BCUT2D eigenvalue weighted by Crippen LogP contribution is -2.31. The largest absolute Gasteiger partial charge is 0.327 e. The Hall–Kier alpha value is -0.770. The number of nitrogens with two attached hydrogens (primary N) is 1. The zero-order chi connectivity index (χ0) is 15.5. The summed E-state index contributed by atoms with van der Waals surface area (Å²) in [5.41, 5.74) is 7.41. The first-order valence-corrected chi connectivity index (χ1v) is 7.36. The highest BCUT2D eigenvalue weighted by Gasteiger charge is 2.19. The molecule has 3 nitrogen and oxygen atoms in total. The second-order valence-electron chi connectivity index (χ2n) is 6.33. The molecule has 0 heterocycles. The standard InChI is InChI=1S/C15H22Cl2N2O/c1-9-5-6-11(16)14(13(9)17)19-12(20)7-10(18)8-15(2,3)4/h5-6,10H,7-8,18H2,1-4H3,(H,19,20). The molecule has 20 heavy (non-hydrogen) atoms.